The van der Waals surface area contributed by atoms with E-state index in [9.17, 15) is 14.7 Å². The SMILES string of the molecule is CC(=O)c1ccc(/C=C\CC(O)c2ccccc2)cc1.CC(=O)c1ccc(I)cc1.C[Si]1(C)C=CCC(c2ccccc2)O1. The molecule has 0 saturated heterocycles. The van der Waals surface area contributed by atoms with Gasteiger partial charge in [-0.15, -0.1) is 0 Å². The van der Waals surface area contributed by atoms with E-state index in [-0.39, 0.29) is 17.7 Å². The van der Waals surface area contributed by atoms with Gasteiger partial charge in [0.25, 0.3) is 0 Å². The van der Waals surface area contributed by atoms with Crippen molar-refractivity contribution in [2.45, 2.75) is 52.0 Å². The van der Waals surface area contributed by atoms with Crippen LogP contribution in [0.15, 0.2) is 127 Å². The Morgan fingerprint density at radius 3 is 1.89 bits per heavy atom. The number of rotatable bonds is 7. The highest BCUT2D eigenvalue weighted by atomic mass is 127. The van der Waals surface area contributed by atoms with Crippen molar-refractivity contribution in [3.05, 3.63) is 158 Å². The molecule has 2 unspecified atom stereocenters. The largest absolute Gasteiger partial charge is 0.406 e. The molecule has 1 N–H and O–H groups in total. The Labute approximate surface area is 276 Å². The number of halogens is 1. The number of hydrogen-bond acceptors (Lipinski definition) is 4. The average Bonchev–Trinajstić information content (AvgIpc) is 3.02. The number of Topliss-reactive ketones (excluding diaryl/α,β-unsaturated/α-hetero) is 2. The molecule has 0 bridgehead atoms. The topological polar surface area (TPSA) is 63.6 Å². The fourth-order valence-corrected chi connectivity index (χ4v) is 6.57. The molecule has 0 fully saturated rings. The molecule has 0 amide bonds. The summed E-state index contributed by atoms with van der Waals surface area (Å²) in [6.07, 6.45) is 7.55. The first-order valence-corrected chi connectivity index (χ1v) is 18.8. The summed E-state index contributed by atoms with van der Waals surface area (Å²) in [6.45, 7) is 7.60. The van der Waals surface area contributed by atoms with E-state index in [1.165, 1.54) is 5.56 Å². The van der Waals surface area contributed by atoms with Crippen molar-refractivity contribution in [1.82, 2.24) is 0 Å². The molecule has 1 aliphatic rings. The molecule has 0 spiro atoms. The van der Waals surface area contributed by atoms with E-state index in [1.807, 2.05) is 97.1 Å². The summed E-state index contributed by atoms with van der Waals surface area (Å²) in [5, 5.41) is 10.0. The minimum Gasteiger partial charge on any atom is -0.406 e. The van der Waals surface area contributed by atoms with Crippen molar-refractivity contribution in [3.8, 4) is 0 Å². The second-order valence-corrected chi connectivity index (χ2v) is 16.1. The zero-order valence-corrected chi connectivity index (χ0v) is 29.0. The van der Waals surface area contributed by atoms with Gasteiger partial charge in [-0.25, -0.2) is 0 Å². The van der Waals surface area contributed by atoms with Gasteiger partial charge in [-0.1, -0.05) is 121 Å². The Bertz CT molecular complexity index is 1510. The second-order valence-electron chi connectivity index (χ2n) is 11.1. The molecule has 4 nitrogen and oxygen atoms in total. The third kappa shape index (κ3) is 12.3. The van der Waals surface area contributed by atoms with Crippen LogP contribution < -0.4 is 0 Å². The van der Waals surface area contributed by atoms with Crippen LogP contribution >= 0.6 is 22.6 Å². The van der Waals surface area contributed by atoms with Crippen molar-refractivity contribution < 1.29 is 19.1 Å². The van der Waals surface area contributed by atoms with E-state index in [0.29, 0.717) is 12.0 Å². The Hall–Kier alpha value is -3.43. The molecule has 4 aromatic rings. The lowest BCUT2D eigenvalue weighted by Crippen LogP contribution is -2.32. The molecular weight excluding hydrogens is 675 g/mol. The highest BCUT2D eigenvalue weighted by Crippen LogP contribution is 2.30. The first kappa shape index (κ1) is 35.1. The zero-order chi connectivity index (χ0) is 32.0. The Morgan fingerprint density at radius 1 is 0.841 bits per heavy atom. The zero-order valence-electron chi connectivity index (χ0n) is 25.8. The van der Waals surface area contributed by atoms with E-state index in [0.717, 1.165) is 26.7 Å². The molecule has 44 heavy (non-hydrogen) atoms. The average molecular weight is 717 g/mol. The van der Waals surface area contributed by atoms with E-state index >= 15 is 0 Å². The number of carbonyl (C=O) groups excluding carboxylic acids is 2. The van der Waals surface area contributed by atoms with Crippen LogP contribution in [0, 0.1) is 3.57 Å². The van der Waals surface area contributed by atoms with Gasteiger partial charge in [-0.3, -0.25) is 9.59 Å². The van der Waals surface area contributed by atoms with Gasteiger partial charge in [0.05, 0.1) is 12.2 Å². The van der Waals surface area contributed by atoms with Gasteiger partial charge in [0.2, 0.25) is 8.32 Å². The predicted octanol–water partition coefficient (Wildman–Crippen LogP) is 9.97. The van der Waals surface area contributed by atoms with Crippen LogP contribution in [0.1, 0.15) is 76.3 Å². The molecule has 1 heterocycles. The fraction of sp³-hybridized carbons (Fsp3) is 0.211. The Balaban J connectivity index is 0.000000192. The van der Waals surface area contributed by atoms with Crippen molar-refractivity contribution in [2.75, 3.05) is 0 Å². The van der Waals surface area contributed by atoms with E-state index in [1.54, 1.807) is 13.8 Å². The number of ketones is 2. The highest BCUT2D eigenvalue weighted by molar-refractivity contribution is 14.1. The number of hydrogen-bond donors (Lipinski definition) is 1. The first-order chi connectivity index (χ1) is 21.0. The summed E-state index contributed by atoms with van der Waals surface area (Å²) in [4.78, 5) is 21.9. The lowest BCUT2D eigenvalue weighted by atomic mass is 10.1. The van der Waals surface area contributed by atoms with E-state index in [2.05, 4.69) is 71.7 Å². The molecule has 0 aliphatic carbocycles. The maximum Gasteiger partial charge on any atom is 0.211 e. The molecule has 0 saturated carbocycles. The van der Waals surface area contributed by atoms with Crippen molar-refractivity contribution >= 4 is 48.6 Å². The maximum absolute atomic E-state index is 11.2. The summed E-state index contributed by atoms with van der Waals surface area (Å²) in [5.41, 5.74) is 7.01. The molecule has 4 aromatic carbocycles. The standard InChI is InChI=1S/C18H18O2.C12H16OSi.C8H7IO/c1-14(19)16-12-10-15(11-13-16)6-5-9-18(20)17-7-3-2-4-8-17;1-14(2)10-6-9-12(13-14)11-7-4-3-5-8-11;1-6(10)7-2-4-8(9)5-3-7/h2-8,10-13,18,20H,9H2,1H3;3-8,10,12H,9H2,1-2H3;2-5H,1H3/b6-5-;;. The van der Waals surface area contributed by atoms with Gasteiger partial charge in [0.15, 0.2) is 11.6 Å². The minimum absolute atomic E-state index is 0.0695. The molecule has 6 heteroatoms. The van der Waals surface area contributed by atoms with Crippen LogP contribution in [-0.2, 0) is 4.43 Å². The maximum atomic E-state index is 11.2. The van der Waals surface area contributed by atoms with Crippen LogP contribution in [0.2, 0.25) is 13.1 Å². The number of carbonyl (C=O) groups is 2. The normalized spacial score (nSPS) is 15.7. The summed E-state index contributed by atoms with van der Waals surface area (Å²) < 4.78 is 7.27. The lowest BCUT2D eigenvalue weighted by Gasteiger charge is -2.30. The second kappa shape index (κ2) is 17.8. The quantitative estimate of drug-likeness (QED) is 0.118. The smallest absolute Gasteiger partial charge is 0.211 e. The minimum atomic E-state index is -1.52. The van der Waals surface area contributed by atoms with Gasteiger partial charge in [0.1, 0.15) is 0 Å². The number of aliphatic hydroxyl groups excluding tert-OH is 1. The van der Waals surface area contributed by atoms with E-state index < -0.39 is 14.4 Å². The highest BCUT2D eigenvalue weighted by Gasteiger charge is 2.27. The third-order valence-corrected chi connectivity index (χ3v) is 9.56. The molecule has 5 rings (SSSR count). The van der Waals surface area contributed by atoms with Crippen LogP contribution in [0.5, 0.6) is 0 Å². The summed E-state index contributed by atoms with van der Waals surface area (Å²) >= 11 is 2.21. The molecule has 0 radical (unpaired) electrons. The van der Waals surface area contributed by atoms with E-state index in [4.69, 9.17) is 4.43 Å². The molecule has 2 atom stereocenters. The van der Waals surface area contributed by atoms with Gasteiger partial charge in [0, 0.05) is 14.7 Å². The van der Waals surface area contributed by atoms with Gasteiger partial charge < -0.3 is 9.53 Å². The molecule has 0 aromatic heterocycles. The summed E-state index contributed by atoms with van der Waals surface area (Å²) in [6, 6.07) is 35.1. The van der Waals surface area contributed by atoms with Gasteiger partial charge >= 0.3 is 0 Å². The monoisotopic (exact) mass is 716 g/mol. The van der Waals surface area contributed by atoms with Crippen LogP contribution in [0.25, 0.3) is 6.08 Å². The Morgan fingerprint density at radius 2 is 1.36 bits per heavy atom. The van der Waals surface area contributed by atoms with Crippen molar-refractivity contribution in [1.29, 1.82) is 0 Å². The van der Waals surface area contributed by atoms with Crippen LogP contribution in [0.4, 0.5) is 0 Å². The molecule has 1 aliphatic heterocycles. The summed E-state index contributed by atoms with van der Waals surface area (Å²) in [5.74, 6) is 0.191. The van der Waals surface area contributed by atoms with Crippen molar-refractivity contribution in [3.63, 3.8) is 0 Å². The third-order valence-electron chi connectivity index (χ3n) is 6.91. The molecular formula is C38H41IO4Si. The van der Waals surface area contributed by atoms with Crippen LogP contribution in [0.3, 0.4) is 0 Å². The van der Waals surface area contributed by atoms with Crippen molar-refractivity contribution in [2.24, 2.45) is 0 Å². The number of aliphatic hydroxyl groups is 1. The first-order valence-electron chi connectivity index (χ1n) is 14.7. The fourth-order valence-electron chi connectivity index (χ4n) is 4.46. The molecule has 228 valence electrons. The van der Waals surface area contributed by atoms with Gasteiger partial charge in [-0.2, -0.15) is 0 Å². The predicted molar refractivity (Wildman–Crippen MR) is 192 cm³/mol. The van der Waals surface area contributed by atoms with Gasteiger partial charge in [-0.05, 0) is 91.2 Å². The Kier molecular flexibility index (Phi) is 14.1. The van der Waals surface area contributed by atoms with Crippen LogP contribution in [-0.4, -0.2) is 25.0 Å². The lowest BCUT2D eigenvalue weighted by molar-refractivity contribution is 0.100. The summed E-state index contributed by atoms with van der Waals surface area (Å²) in [7, 11) is -1.52. The number of benzene rings is 4.